The monoisotopic (exact) mass is 386 g/mol. The highest BCUT2D eigenvalue weighted by Gasteiger charge is 2.25. The van der Waals surface area contributed by atoms with Gasteiger partial charge in [-0.3, -0.25) is 9.78 Å². The maximum atomic E-state index is 12.9. The summed E-state index contributed by atoms with van der Waals surface area (Å²) in [6.07, 6.45) is 2.63. The lowest BCUT2D eigenvalue weighted by atomic mass is 10.0. The smallest absolute Gasteiger partial charge is 0.254 e. The number of aromatic nitrogens is 2. The van der Waals surface area contributed by atoms with E-state index in [9.17, 15) is 4.79 Å². The lowest BCUT2D eigenvalue weighted by Crippen LogP contribution is -2.35. The molecule has 136 valence electrons. The van der Waals surface area contributed by atoms with Crippen LogP contribution in [0.5, 0.6) is 0 Å². The predicted octanol–water partition coefficient (Wildman–Crippen LogP) is 4.44. The van der Waals surface area contributed by atoms with Gasteiger partial charge in [0.05, 0.1) is 22.7 Å². The Morgan fingerprint density at radius 1 is 1.18 bits per heavy atom. The van der Waals surface area contributed by atoms with Crippen molar-refractivity contribution in [2.24, 2.45) is 0 Å². The second-order valence-corrected chi connectivity index (χ2v) is 7.39. The largest absolute Gasteiger partial charge is 0.357 e. The highest BCUT2D eigenvalue weighted by atomic mass is 35.5. The SMILES string of the molecule is N#Cc1ccc(C(=O)N2CCc3[nH]c4c(cnc5cc(Cl)ccc54)c3C2)cc1. The van der Waals surface area contributed by atoms with Crippen LogP contribution in [0.2, 0.25) is 5.02 Å². The first-order valence-corrected chi connectivity index (χ1v) is 9.39. The van der Waals surface area contributed by atoms with E-state index in [1.165, 1.54) is 0 Å². The van der Waals surface area contributed by atoms with Crippen molar-refractivity contribution in [2.75, 3.05) is 6.54 Å². The van der Waals surface area contributed by atoms with Gasteiger partial charge >= 0.3 is 0 Å². The van der Waals surface area contributed by atoms with E-state index < -0.39 is 0 Å². The van der Waals surface area contributed by atoms with Crippen LogP contribution in [0.15, 0.2) is 48.7 Å². The Hall–Kier alpha value is -3.36. The van der Waals surface area contributed by atoms with Crippen LogP contribution in [0.1, 0.15) is 27.2 Å². The van der Waals surface area contributed by atoms with E-state index in [1.54, 1.807) is 24.3 Å². The number of halogens is 1. The second-order valence-electron chi connectivity index (χ2n) is 6.96. The number of nitriles is 1. The van der Waals surface area contributed by atoms with Crippen LogP contribution in [-0.4, -0.2) is 27.3 Å². The van der Waals surface area contributed by atoms with Gasteiger partial charge in [0.2, 0.25) is 0 Å². The molecule has 0 bridgehead atoms. The molecule has 0 aliphatic carbocycles. The van der Waals surface area contributed by atoms with Crippen molar-refractivity contribution in [3.8, 4) is 6.07 Å². The van der Waals surface area contributed by atoms with Gasteiger partial charge in [0.15, 0.2) is 0 Å². The van der Waals surface area contributed by atoms with E-state index in [0.29, 0.717) is 29.2 Å². The fourth-order valence-electron chi connectivity index (χ4n) is 3.87. The molecule has 1 aliphatic heterocycles. The Morgan fingerprint density at radius 3 is 2.79 bits per heavy atom. The van der Waals surface area contributed by atoms with Gasteiger partial charge in [0.1, 0.15) is 0 Å². The average Bonchev–Trinajstić information content (AvgIpc) is 3.11. The molecule has 0 unspecified atom stereocenters. The summed E-state index contributed by atoms with van der Waals surface area (Å²) in [4.78, 5) is 22.9. The summed E-state index contributed by atoms with van der Waals surface area (Å²) in [5.41, 5.74) is 5.31. The fraction of sp³-hybridized carbons (Fsp3) is 0.136. The molecule has 2 aromatic carbocycles. The summed E-state index contributed by atoms with van der Waals surface area (Å²) in [6.45, 7) is 1.19. The molecule has 1 amide bonds. The fourth-order valence-corrected chi connectivity index (χ4v) is 4.04. The molecule has 28 heavy (non-hydrogen) atoms. The third-order valence-corrected chi connectivity index (χ3v) is 5.56. The quantitative estimate of drug-likeness (QED) is 0.525. The summed E-state index contributed by atoms with van der Waals surface area (Å²) >= 11 is 6.09. The number of amides is 1. The van der Waals surface area contributed by atoms with Gasteiger partial charge in [-0.2, -0.15) is 5.26 Å². The number of hydrogen-bond donors (Lipinski definition) is 1. The van der Waals surface area contributed by atoms with Crippen molar-refractivity contribution in [3.63, 3.8) is 0 Å². The number of aromatic amines is 1. The van der Waals surface area contributed by atoms with Crippen molar-refractivity contribution in [1.82, 2.24) is 14.9 Å². The first-order valence-electron chi connectivity index (χ1n) is 9.01. The van der Waals surface area contributed by atoms with Gasteiger partial charge in [0, 0.05) is 58.3 Å². The van der Waals surface area contributed by atoms with Crippen LogP contribution in [0.25, 0.3) is 21.8 Å². The standard InChI is InChI=1S/C22H15ClN4O/c23-15-5-6-16-20(9-15)25-11-17-18-12-27(8-7-19(18)26-21(16)17)22(28)14-3-1-13(10-24)2-4-14/h1-6,9,11,26H,7-8,12H2. The summed E-state index contributed by atoms with van der Waals surface area (Å²) < 4.78 is 0. The van der Waals surface area contributed by atoms with Gasteiger partial charge < -0.3 is 9.88 Å². The van der Waals surface area contributed by atoms with Gasteiger partial charge in [0.25, 0.3) is 5.91 Å². The molecule has 4 aromatic rings. The molecule has 0 saturated carbocycles. The molecule has 0 radical (unpaired) electrons. The molecular formula is C22H15ClN4O. The van der Waals surface area contributed by atoms with Gasteiger partial charge in [-0.05, 0) is 42.5 Å². The van der Waals surface area contributed by atoms with Gasteiger partial charge in [-0.15, -0.1) is 0 Å². The highest BCUT2D eigenvalue weighted by Crippen LogP contribution is 2.32. The molecule has 5 nitrogen and oxygen atoms in total. The van der Waals surface area contributed by atoms with Crippen molar-refractivity contribution < 1.29 is 4.79 Å². The molecular weight excluding hydrogens is 372 g/mol. The van der Waals surface area contributed by atoms with Crippen molar-refractivity contribution in [3.05, 3.63) is 76.1 Å². The molecule has 6 heteroatoms. The lowest BCUT2D eigenvalue weighted by Gasteiger charge is -2.27. The summed E-state index contributed by atoms with van der Waals surface area (Å²) in [5, 5.41) is 11.7. The Morgan fingerprint density at radius 2 is 2.00 bits per heavy atom. The van der Waals surface area contributed by atoms with E-state index in [1.807, 2.05) is 29.3 Å². The Kier molecular flexibility index (Phi) is 3.81. The molecule has 0 fully saturated rings. The Balaban J connectivity index is 1.52. The van der Waals surface area contributed by atoms with E-state index >= 15 is 0 Å². The van der Waals surface area contributed by atoms with Crippen LogP contribution < -0.4 is 0 Å². The van der Waals surface area contributed by atoms with Crippen LogP contribution >= 0.6 is 11.6 Å². The third-order valence-electron chi connectivity index (χ3n) is 5.33. The zero-order chi connectivity index (χ0) is 19.3. The van der Waals surface area contributed by atoms with Gasteiger partial charge in [-0.1, -0.05) is 11.6 Å². The second kappa shape index (κ2) is 6.36. The van der Waals surface area contributed by atoms with Crippen molar-refractivity contribution in [2.45, 2.75) is 13.0 Å². The zero-order valence-electron chi connectivity index (χ0n) is 14.9. The lowest BCUT2D eigenvalue weighted by molar-refractivity contribution is 0.0735. The number of carbonyl (C=O) groups is 1. The number of nitrogens with one attached hydrogen (secondary N) is 1. The Bertz CT molecular complexity index is 1280. The minimum absolute atomic E-state index is 0.0231. The van der Waals surface area contributed by atoms with Crippen LogP contribution in [-0.2, 0) is 13.0 Å². The topological polar surface area (TPSA) is 72.8 Å². The molecule has 5 rings (SSSR count). The maximum Gasteiger partial charge on any atom is 0.254 e. The van der Waals surface area contributed by atoms with Crippen molar-refractivity contribution >= 4 is 39.3 Å². The molecule has 1 N–H and O–H groups in total. The normalized spacial score (nSPS) is 13.5. The number of fused-ring (bicyclic) bond motifs is 5. The minimum Gasteiger partial charge on any atom is -0.357 e. The number of hydrogen-bond acceptors (Lipinski definition) is 3. The molecule has 0 saturated heterocycles. The third kappa shape index (κ3) is 2.62. The first-order chi connectivity index (χ1) is 13.6. The summed E-state index contributed by atoms with van der Waals surface area (Å²) in [6, 6.07) is 14.6. The van der Waals surface area contributed by atoms with E-state index in [4.69, 9.17) is 16.9 Å². The Labute approximate surface area is 166 Å². The predicted molar refractivity (Wildman–Crippen MR) is 108 cm³/mol. The van der Waals surface area contributed by atoms with E-state index in [-0.39, 0.29) is 5.91 Å². The number of benzene rings is 2. The number of pyridine rings is 1. The number of H-pyrrole nitrogens is 1. The van der Waals surface area contributed by atoms with Crippen LogP contribution in [0.3, 0.4) is 0 Å². The van der Waals surface area contributed by atoms with E-state index in [2.05, 4.69) is 16.0 Å². The molecule has 0 spiro atoms. The minimum atomic E-state index is -0.0231. The van der Waals surface area contributed by atoms with E-state index in [0.717, 1.165) is 39.5 Å². The maximum absolute atomic E-state index is 12.9. The number of rotatable bonds is 1. The molecule has 3 heterocycles. The summed E-state index contributed by atoms with van der Waals surface area (Å²) in [5.74, 6) is -0.0231. The van der Waals surface area contributed by atoms with Crippen LogP contribution in [0.4, 0.5) is 0 Å². The molecule has 0 atom stereocenters. The molecule has 1 aliphatic rings. The zero-order valence-corrected chi connectivity index (χ0v) is 15.6. The van der Waals surface area contributed by atoms with Gasteiger partial charge in [-0.25, -0.2) is 0 Å². The number of nitrogens with zero attached hydrogens (tertiary/aromatic N) is 3. The number of carbonyl (C=O) groups excluding carboxylic acids is 1. The highest BCUT2D eigenvalue weighted by molar-refractivity contribution is 6.31. The first kappa shape index (κ1) is 16.8. The average molecular weight is 387 g/mol. The van der Waals surface area contributed by atoms with Crippen LogP contribution in [0, 0.1) is 11.3 Å². The molecule has 2 aromatic heterocycles. The van der Waals surface area contributed by atoms with Crippen molar-refractivity contribution in [1.29, 1.82) is 5.26 Å². The summed E-state index contributed by atoms with van der Waals surface area (Å²) in [7, 11) is 0.